The molecule has 0 saturated carbocycles. The van der Waals surface area contributed by atoms with E-state index in [0.717, 1.165) is 0 Å². The molecule has 2 aliphatic rings. The van der Waals surface area contributed by atoms with Gasteiger partial charge in [0.15, 0.2) is 0 Å². The van der Waals surface area contributed by atoms with Gasteiger partial charge in [0.1, 0.15) is 0 Å². The maximum atomic E-state index is 2.63. The average molecular weight is 444 g/mol. The molecule has 0 saturated heterocycles. The molecule has 2 atom stereocenters. The van der Waals surface area contributed by atoms with E-state index >= 15 is 0 Å². The van der Waals surface area contributed by atoms with Crippen molar-refractivity contribution in [1.29, 1.82) is 0 Å². The summed E-state index contributed by atoms with van der Waals surface area (Å²) in [4.78, 5) is 0. The molecule has 0 amide bonds. The van der Waals surface area contributed by atoms with Crippen molar-refractivity contribution in [2.24, 2.45) is 0 Å². The van der Waals surface area contributed by atoms with Crippen molar-refractivity contribution < 1.29 is 16.6 Å². The van der Waals surface area contributed by atoms with E-state index in [4.69, 9.17) is 0 Å². The van der Waals surface area contributed by atoms with Gasteiger partial charge in [-0.25, -0.2) is 0 Å². The van der Waals surface area contributed by atoms with E-state index < -0.39 is 16.6 Å². The number of rotatable bonds is 6. The third-order valence-corrected chi connectivity index (χ3v) is 19.3. The van der Waals surface area contributed by atoms with Gasteiger partial charge in [-0.15, -0.1) is 0 Å². The molecule has 2 aliphatic carbocycles. The second kappa shape index (κ2) is 8.23. The van der Waals surface area contributed by atoms with E-state index in [1.165, 1.54) is 31.7 Å². The second-order valence-corrected chi connectivity index (χ2v) is 18.0. The fourth-order valence-corrected chi connectivity index (χ4v) is 17.7. The first kappa shape index (κ1) is 22.3. The molecule has 2 unspecified atom stereocenters. The Morgan fingerprint density at radius 2 is 0.935 bits per heavy atom. The molecule has 0 bridgehead atoms. The van der Waals surface area contributed by atoms with Gasteiger partial charge in [0.05, 0.1) is 0 Å². The Hall–Kier alpha value is -1.89. The minimum absolute atomic E-state index is 0.140. The van der Waals surface area contributed by atoms with Crippen LogP contribution in [0.3, 0.4) is 0 Å². The fourth-order valence-electron chi connectivity index (χ4n) is 6.46. The van der Waals surface area contributed by atoms with Gasteiger partial charge in [-0.1, -0.05) is 0 Å². The van der Waals surface area contributed by atoms with E-state index in [1.807, 2.05) is 0 Å². The van der Waals surface area contributed by atoms with Crippen LogP contribution in [0.2, 0.25) is 7.44 Å². The molecule has 0 heterocycles. The average Bonchev–Trinajstić information content (AvgIpc) is 3.16. The standard InChI is InChI=1S/2C8H11.2C7H7.Ti/c2*1-6-4-7(2)8(3)5-6;2*1-7-5-3-2-4-6-7;/h2*4-5H,1-3H3;2*2-6H,1H2;. The van der Waals surface area contributed by atoms with Gasteiger partial charge < -0.3 is 0 Å². The van der Waals surface area contributed by atoms with Crippen molar-refractivity contribution in [3.8, 4) is 0 Å². The Bertz CT molecular complexity index is 994. The van der Waals surface area contributed by atoms with Crippen LogP contribution in [0.25, 0.3) is 0 Å². The zero-order valence-electron chi connectivity index (χ0n) is 20.0. The maximum absolute atomic E-state index is 2.90. The second-order valence-electron chi connectivity index (χ2n) is 10.2. The van der Waals surface area contributed by atoms with E-state index in [9.17, 15) is 0 Å². The number of hydrogen-bond donors (Lipinski definition) is 0. The van der Waals surface area contributed by atoms with E-state index in [2.05, 4.69) is 127 Å². The number of hydrogen-bond acceptors (Lipinski definition) is 0. The van der Waals surface area contributed by atoms with Gasteiger partial charge in [0.2, 0.25) is 0 Å². The third kappa shape index (κ3) is 3.69. The molecular formula is C30H36Ti. The van der Waals surface area contributed by atoms with Crippen molar-refractivity contribution in [3.63, 3.8) is 0 Å². The predicted octanol–water partition coefficient (Wildman–Crippen LogP) is 8.71. The molecule has 0 spiro atoms. The molecule has 1 heteroatoms. The predicted molar refractivity (Wildman–Crippen MR) is 132 cm³/mol. The topological polar surface area (TPSA) is 0 Å². The van der Waals surface area contributed by atoms with Gasteiger partial charge in [0.25, 0.3) is 0 Å². The molecule has 0 aliphatic heterocycles. The van der Waals surface area contributed by atoms with Crippen molar-refractivity contribution in [1.82, 2.24) is 0 Å². The van der Waals surface area contributed by atoms with E-state index in [-0.39, 0.29) is 7.44 Å². The summed E-state index contributed by atoms with van der Waals surface area (Å²) >= 11 is -2.90. The molecule has 2 aromatic carbocycles. The van der Waals surface area contributed by atoms with Crippen LogP contribution in [0.1, 0.15) is 52.7 Å². The molecule has 0 N–H and O–H groups in total. The van der Waals surface area contributed by atoms with Gasteiger partial charge in [-0.3, -0.25) is 0 Å². The van der Waals surface area contributed by atoms with Crippen LogP contribution in [-0.4, -0.2) is 0 Å². The van der Waals surface area contributed by atoms with Crippen molar-refractivity contribution in [2.45, 2.75) is 58.4 Å². The van der Waals surface area contributed by atoms with Crippen molar-refractivity contribution in [3.05, 3.63) is 118 Å². The van der Waals surface area contributed by atoms with Crippen LogP contribution < -0.4 is 0 Å². The summed E-state index contributed by atoms with van der Waals surface area (Å²) in [6.07, 6.45) is 10.2. The fraction of sp³-hybridized carbons (Fsp3) is 0.333. The van der Waals surface area contributed by atoms with Crippen LogP contribution in [0, 0.1) is 0 Å². The third-order valence-electron chi connectivity index (χ3n) is 8.25. The Morgan fingerprint density at radius 3 is 1.23 bits per heavy atom. The van der Waals surface area contributed by atoms with Crippen LogP contribution in [0.5, 0.6) is 0 Å². The molecule has 0 radical (unpaired) electrons. The Morgan fingerprint density at radius 1 is 0.581 bits per heavy atom. The van der Waals surface area contributed by atoms with E-state index in [1.54, 1.807) is 11.1 Å². The quantitative estimate of drug-likeness (QED) is 0.391. The number of allylic oxidation sites excluding steroid dienone is 8. The first-order chi connectivity index (χ1) is 14.7. The first-order valence-electron chi connectivity index (χ1n) is 11.5. The molecule has 2 aromatic rings. The molecule has 4 rings (SSSR count). The van der Waals surface area contributed by atoms with Gasteiger partial charge in [-0.2, -0.15) is 0 Å². The van der Waals surface area contributed by atoms with Crippen LogP contribution in [0.15, 0.2) is 107 Å². The summed E-state index contributed by atoms with van der Waals surface area (Å²) in [6.45, 7) is 14.5. The normalized spacial score (nSPS) is 25.7. The van der Waals surface area contributed by atoms with Crippen molar-refractivity contribution in [2.75, 3.05) is 0 Å². The molecular weight excluding hydrogens is 408 g/mol. The number of benzene rings is 2. The minimum atomic E-state index is -2.90. The zero-order valence-corrected chi connectivity index (χ0v) is 21.6. The summed E-state index contributed by atoms with van der Waals surface area (Å²) in [7, 11) is 0. The molecule has 31 heavy (non-hydrogen) atoms. The summed E-state index contributed by atoms with van der Waals surface area (Å²) < 4.78 is 2.71. The van der Waals surface area contributed by atoms with Gasteiger partial charge in [0, 0.05) is 0 Å². The van der Waals surface area contributed by atoms with Crippen molar-refractivity contribution >= 4 is 0 Å². The molecule has 160 valence electrons. The summed E-state index contributed by atoms with van der Waals surface area (Å²) in [5.74, 6) is 0. The van der Waals surface area contributed by atoms with Crippen LogP contribution in [-0.2, 0) is 26.0 Å². The van der Waals surface area contributed by atoms with E-state index in [0.29, 0.717) is 0 Å². The SMILES string of the molecule is CC1=C[C](C)([Ti]([CH2]c2ccccc2)([CH2]c2ccccc2)[C]2(C)C=C(C)C=C2C)C(C)=C1. The molecule has 0 aromatic heterocycles. The zero-order chi connectivity index (χ0) is 22.3. The summed E-state index contributed by atoms with van der Waals surface area (Å²) in [6, 6.07) is 22.6. The summed E-state index contributed by atoms with van der Waals surface area (Å²) in [5, 5.41) is 0. The Labute approximate surface area is 192 Å². The van der Waals surface area contributed by atoms with Gasteiger partial charge in [-0.05, 0) is 0 Å². The van der Waals surface area contributed by atoms with Gasteiger partial charge >= 0.3 is 193 Å². The molecule has 0 fully saturated rings. The van der Waals surface area contributed by atoms with Crippen LogP contribution in [0.4, 0.5) is 0 Å². The molecule has 0 nitrogen and oxygen atoms in total. The summed E-state index contributed by atoms with van der Waals surface area (Å²) in [5.41, 5.74) is 8.97. The van der Waals surface area contributed by atoms with Crippen LogP contribution >= 0.6 is 0 Å². The Balaban J connectivity index is 2.02. The first-order valence-corrected chi connectivity index (χ1v) is 15.3. The Kier molecular flexibility index (Phi) is 5.92. The monoisotopic (exact) mass is 444 g/mol.